The zero-order valence-corrected chi connectivity index (χ0v) is 8.44. The van der Waals surface area contributed by atoms with Crippen molar-refractivity contribution < 1.29 is 4.42 Å². The molecule has 0 radical (unpaired) electrons. The molecule has 4 heteroatoms. The van der Waals surface area contributed by atoms with Crippen molar-refractivity contribution in [3.63, 3.8) is 0 Å². The molecule has 0 bridgehead atoms. The highest BCUT2D eigenvalue weighted by Crippen LogP contribution is 2.23. The molecule has 0 aliphatic carbocycles. The van der Waals surface area contributed by atoms with Crippen molar-refractivity contribution in [1.82, 2.24) is 4.98 Å². The number of nitrogens with zero attached hydrogens (tertiary/aromatic N) is 1. The molecule has 13 heavy (non-hydrogen) atoms. The van der Waals surface area contributed by atoms with Gasteiger partial charge in [-0.05, 0) is 12.1 Å². The minimum Gasteiger partial charge on any atom is -0.462 e. The lowest BCUT2D eigenvalue weighted by molar-refractivity contribution is 0.581. The summed E-state index contributed by atoms with van der Waals surface area (Å²) in [4.78, 5) is 4.38. The Balaban J connectivity index is 2.23. The van der Waals surface area contributed by atoms with Crippen LogP contribution in [0.5, 0.6) is 0 Å². The maximum absolute atomic E-state index is 5.61. The molecule has 0 fully saturated rings. The molecule has 2 aromatic heterocycles. The van der Waals surface area contributed by atoms with E-state index in [1.54, 1.807) is 17.6 Å². The average molecular weight is 214 g/mol. The second kappa shape index (κ2) is 3.94. The topological polar surface area (TPSA) is 26.0 Å². The van der Waals surface area contributed by atoms with Crippen LogP contribution in [0.4, 0.5) is 0 Å². The monoisotopic (exact) mass is 213 g/mol. The van der Waals surface area contributed by atoms with Gasteiger partial charge < -0.3 is 4.42 Å². The predicted molar refractivity (Wildman–Crippen MR) is 54.2 cm³/mol. The van der Waals surface area contributed by atoms with Crippen LogP contribution in [0.1, 0.15) is 5.69 Å². The van der Waals surface area contributed by atoms with Crippen LogP contribution in [0, 0.1) is 0 Å². The number of thiazole rings is 1. The summed E-state index contributed by atoms with van der Waals surface area (Å²) in [6.07, 6.45) is 2.47. The molecule has 0 saturated carbocycles. The zero-order valence-electron chi connectivity index (χ0n) is 6.87. The van der Waals surface area contributed by atoms with Crippen LogP contribution in [-0.2, 0) is 6.42 Å². The number of aromatic nitrogens is 1. The molecule has 0 unspecified atom stereocenters. The van der Waals surface area contributed by atoms with Gasteiger partial charge in [0.15, 0.2) is 10.8 Å². The Hall–Kier alpha value is -0.800. The van der Waals surface area contributed by atoms with Gasteiger partial charge in [-0.25, -0.2) is 4.98 Å². The zero-order chi connectivity index (χ0) is 9.10. The van der Waals surface area contributed by atoms with E-state index in [4.69, 9.17) is 16.0 Å². The number of rotatable bonds is 3. The molecule has 68 valence electrons. The third-order valence-electron chi connectivity index (χ3n) is 1.63. The van der Waals surface area contributed by atoms with Crippen LogP contribution in [0.2, 0.25) is 0 Å². The van der Waals surface area contributed by atoms with Crippen LogP contribution in [-0.4, -0.2) is 10.9 Å². The fourth-order valence-electron chi connectivity index (χ4n) is 1.03. The lowest BCUT2D eigenvalue weighted by Gasteiger charge is -1.88. The Bertz CT molecular complexity index is 369. The van der Waals surface area contributed by atoms with Crippen molar-refractivity contribution in [2.75, 3.05) is 5.88 Å². The highest BCUT2D eigenvalue weighted by atomic mass is 35.5. The van der Waals surface area contributed by atoms with Gasteiger partial charge in [0.05, 0.1) is 12.0 Å². The van der Waals surface area contributed by atoms with Crippen LogP contribution in [0.3, 0.4) is 0 Å². The Labute approximate surface area is 85.2 Å². The van der Waals surface area contributed by atoms with E-state index >= 15 is 0 Å². The molecule has 0 saturated heterocycles. The van der Waals surface area contributed by atoms with Crippen LogP contribution >= 0.6 is 22.9 Å². The summed E-state index contributed by atoms with van der Waals surface area (Å²) >= 11 is 7.20. The Morgan fingerprint density at radius 2 is 2.46 bits per heavy atom. The second-order valence-electron chi connectivity index (χ2n) is 2.56. The van der Waals surface area contributed by atoms with E-state index in [1.807, 2.05) is 17.5 Å². The van der Waals surface area contributed by atoms with Crippen molar-refractivity contribution in [2.45, 2.75) is 6.42 Å². The van der Waals surface area contributed by atoms with Gasteiger partial charge in [-0.2, -0.15) is 0 Å². The third-order valence-corrected chi connectivity index (χ3v) is 2.73. The van der Waals surface area contributed by atoms with E-state index in [2.05, 4.69) is 4.98 Å². The van der Waals surface area contributed by atoms with Crippen LogP contribution < -0.4 is 0 Å². The van der Waals surface area contributed by atoms with E-state index in [9.17, 15) is 0 Å². The van der Waals surface area contributed by atoms with Crippen molar-refractivity contribution in [1.29, 1.82) is 0 Å². The Morgan fingerprint density at radius 1 is 1.54 bits per heavy atom. The number of hydrogen-bond donors (Lipinski definition) is 0. The Kier molecular flexibility index (Phi) is 2.66. The largest absolute Gasteiger partial charge is 0.462 e. The first kappa shape index (κ1) is 8.78. The molecule has 0 atom stereocenters. The van der Waals surface area contributed by atoms with Crippen molar-refractivity contribution in [3.05, 3.63) is 29.5 Å². The second-order valence-corrected chi connectivity index (χ2v) is 3.80. The van der Waals surface area contributed by atoms with Crippen molar-refractivity contribution >= 4 is 22.9 Å². The minimum absolute atomic E-state index is 0.612. The molecule has 2 rings (SSSR count). The molecular formula is C9H8ClNOS. The lowest BCUT2D eigenvalue weighted by atomic mass is 10.4. The van der Waals surface area contributed by atoms with Gasteiger partial charge in [0.1, 0.15) is 0 Å². The van der Waals surface area contributed by atoms with E-state index in [0.29, 0.717) is 5.88 Å². The SMILES string of the molecule is ClCCc1csc(-c2ccco2)n1. The summed E-state index contributed by atoms with van der Waals surface area (Å²) in [5.41, 5.74) is 1.03. The summed E-state index contributed by atoms with van der Waals surface area (Å²) in [5, 5.41) is 2.94. The maximum atomic E-state index is 5.61. The summed E-state index contributed by atoms with van der Waals surface area (Å²) in [7, 11) is 0. The van der Waals surface area contributed by atoms with Crippen LogP contribution in [0.15, 0.2) is 28.2 Å². The first-order valence-corrected chi connectivity index (χ1v) is 5.36. The fraction of sp³-hybridized carbons (Fsp3) is 0.222. The van der Waals surface area contributed by atoms with Gasteiger partial charge in [0.25, 0.3) is 0 Å². The third kappa shape index (κ3) is 1.92. The van der Waals surface area contributed by atoms with Crippen LogP contribution in [0.25, 0.3) is 10.8 Å². The summed E-state index contributed by atoms with van der Waals surface area (Å²) in [5.74, 6) is 1.44. The molecule has 0 spiro atoms. The fourth-order valence-corrected chi connectivity index (χ4v) is 2.05. The highest BCUT2D eigenvalue weighted by molar-refractivity contribution is 7.13. The average Bonchev–Trinajstić information content (AvgIpc) is 2.70. The summed E-state index contributed by atoms with van der Waals surface area (Å²) in [6, 6.07) is 3.77. The molecule has 0 aliphatic rings. The predicted octanol–water partition coefficient (Wildman–Crippen LogP) is 3.18. The van der Waals surface area contributed by atoms with Crippen molar-refractivity contribution in [3.8, 4) is 10.8 Å². The van der Waals surface area contributed by atoms with Gasteiger partial charge in [0, 0.05) is 17.7 Å². The number of halogens is 1. The van der Waals surface area contributed by atoms with E-state index in [-0.39, 0.29) is 0 Å². The number of furan rings is 1. The number of hydrogen-bond acceptors (Lipinski definition) is 3. The van der Waals surface area contributed by atoms with Gasteiger partial charge in [-0.1, -0.05) is 0 Å². The van der Waals surface area contributed by atoms with Gasteiger partial charge in [0.2, 0.25) is 0 Å². The smallest absolute Gasteiger partial charge is 0.162 e. The molecule has 2 heterocycles. The maximum Gasteiger partial charge on any atom is 0.162 e. The van der Waals surface area contributed by atoms with Gasteiger partial charge in [-0.3, -0.25) is 0 Å². The minimum atomic E-state index is 0.612. The molecule has 0 amide bonds. The standard InChI is InChI=1S/C9H8ClNOS/c10-4-3-7-6-13-9(11-7)8-2-1-5-12-8/h1-2,5-6H,3-4H2. The van der Waals surface area contributed by atoms with E-state index in [1.165, 1.54) is 0 Å². The first-order chi connectivity index (χ1) is 6.40. The molecular weight excluding hydrogens is 206 g/mol. The first-order valence-electron chi connectivity index (χ1n) is 3.94. The highest BCUT2D eigenvalue weighted by Gasteiger charge is 2.05. The molecule has 2 aromatic rings. The number of alkyl halides is 1. The molecule has 0 N–H and O–H groups in total. The molecule has 2 nitrogen and oxygen atoms in total. The quantitative estimate of drug-likeness (QED) is 0.732. The normalized spacial score (nSPS) is 10.5. The number of aryl methyl sites for hydroxylation is 1. The lowest BCUT2D eigenvalue weighted by Crippen LogP contribution is -1.84. The Morgan fingerprint density at radius 3 is 3.15 bits per heavy atom. The van der Waals surface area contributed by atoms with E-state index in [0.717, 1.165) is 22.9 Å². The van der Waals surface area contributed by atoms with E-state index < -0.39 is 0 Å². The van der Waals surface area contributed by atoms with Crippen molar-refractivity contribution in [2.24, 2.45) is 0 Å². The summed E-state index contributed by atoms with van der Waals surface area (Å²) in [6.45, 7) is 0. The summed E-state index contributed by atoms with van der Waals surface area (Å²) < 4.78 is 5.23. The van der Waals surface area contributed by atoms with Gasteiger partial charge >= 0.3 is 0 Å². The molecule has 0 aromatic carbocycles. The van der Waals surface area contributed by atoms with Gasteiger partial charge in [-0.15, -0.1) is 22.9 Å². The molecule has 0 aliphatic heterocycles.